The zero-order chi connectivity index (χ0) is 17.0. The van der Waals surface area contributed by atoms with Crippen LogP contribution in [0.2, 0.25) is 0 Å². The fraction of sp³-hybridized carbons (Fsp3) is 0.333. The molecular formula is C18H21N3O2. The Balaban J connectivity index is 2.12. The molecule has 2 rings (SSSR count). The van der Waals surface area contributed by atoms with Gasteiger partial charge in [0, 0.05) is 23.0 Å². The summed E-state index contributed by atoms with van der Waals surface area (Å²) in [5.41, 5.74) is 1.08. The molecule has 0 fully saturated rings. The van der Waals surface area contributed by atoms with Crippen molar-refractivity contribution >= 4 is 5.91 Å². The van der Waals surface area contributed by atoms with Crippen LogP contribution in [0.1, 0.15) is 54.3 Å². The van der Waals surface area contributed by atoms with Crippen LogP contribution in [0, 0.1) is 18.8 Å². The Morgan fingerprint density at radius 1 is 1.43 bits per heavy atom. The molecule has 120 valence electrons. The highest BCUT2D eigenvalue weighted by Crippen LogP contribution is 2.11. The van der Waals surface area contributed by atoms with Gasteiger partial charge < -0.3 is 15.4 Å². The lowest BCUT2D eigenvalue weighted by Gasteiger charge is -2.11. The molecule has 0 aliphatic heterocycles. The van der Waals surface area contributed by atoms with Crippen molar-refractivity contribution in [3.8, 4) is 11.8 Å². The fourth-order valence-corrected chi connectivity index (χ4v) is 1.96. The number of nitrogens with zero attached hydrogens (tertiary/aromatic N) is 1. The van der Waals surface area contributed by atoms with Gasteiger partial charge in [0.15, 0.2) is 0 Å². The summed E-state index contributed by atoms with van der Waals surface area (Å²) >= 11 is 0. The summed E-state index contributed by atoms with van der Waals surface area (Å²) in [4.78, 5) is 19.7. The van der Waals surface area contributed by atoms with Gasteiger partial charge in [0.2, 0.25) is 0 Å². The van der Waals surface area contributed by atoms with Gasteiger partial charge in [-0.25, -0.2) is 4.98 Å². The summed E-state index contributed by atoms with van der Waals surface area (Å²) in [5, 5.41) is 12.5. The number of benzene rings is 1. The van der Waals surface area contributed by atoms with Crippen LogP contribution >= 0.6 is 0 Å². The molecule has 1 aromatic heterocycles. The largest absolute Gasteiger partial charge is 0.378 e. The molecule has 5 nitrogen and oxygen atoms in total. The third-order valence-electron chi connectivity index (χ3n) is 3.12. The smallest absolute Gasteiger partial charge is 0.251 e. The van der Waals surface area contributed by atoms with E-state index < -0.39 is 5.60 Å². The molecule has 3 N–H and O–H groups in total. The van der Waals surface area contributed by atoms with E-state index >= 15 is 0 Å². The molecule has 5 heteroatoms. The lowest BCUT2D eigenvalue weighted by atomic mass is 10.1. The molecule has 0 unspecified atom stereocenters. The minimum absolute atomic E-state index is 0.196. The number of carbonyl (C=O) groups is 1. The summed E-state index contributed by atoms with van der Waals surface area (Å²) < 4.78 is 0. The summed E-state index contributed by atoms with van der Waals surface area (Å²) in [6.07, 6.45) is 1.73. The number of amides is 1. The van der Waals surface area contributed by atoms with E-state index in [1.165, 1.54) is 0 Å². The van der Waals surface area contributed by atoms with Crippen molar-refractivity contribution in [2.24, 2.45) is 0 Å². The van der Waals surface area contributed by atoms with Gasteiger partial charge in [-0.2, -0.15) is 0 Å². The topological polar surface area (TPSA) is 78.0 Å². The number of rotatable bonds is 3. The molecule has 1 aromatic carbocycles. The second-order valence-electron chi connectivity index (χ2n) is 6.04. The molecule has 23 heavy (non-hydrogen) atoms. The van der Waals surface area contributed by atoms with Crippen LogP contribution in [-0.2, 0) is 0 Å². The molecule has 0 spiro atoms. The maximum Gasteiger partial charge on any atom is 0.251 e. The lowest BCUT2D eigenvalue weighted by Crippen LogP contribution is -2.27. The van der Waals surface area contributed by atoms with Gasteiger partial charge in [0.1, 0.15) is 11.4 Å². The highest BCUT2D eigenvalue weighted by atomic mass is 16.3. The van der Waals surface area contributed by atoms with Gasteiger partial charge in [-0.05, 0) is 45.9 Å². The van der Waals surface area contributed by atoms with E-state index in [1.54, 1.807) is 44.3 Å². The number of aryl methyl sites for hydroxylation is 1. The molecule has 0 bridgehead atoms. The van der Waals surface area contributed by atoms with Crippen LogP contribution in [-0.4, -0.2) is 26.6 Å². The molecule has 0 saturated carbocycles. The van der Waals surface area contributed by atoms with Crippen molar-refractivity contribution in [2.45, 2.75) is 39.3 Å². The molecule has 0 radical (unpaired) electrons. The van der Waals surface area contributed by atoms with Crippen molar-refractivity contribution in [1.29, 1.82) is 0 Å². The second-order valence-corrected chi connectivity index (χ2v) is 6.04. The Bertz CT molecular complexity index is 760. The van der Waals surface area contributed by atoms with Gasteiger partial charge >= 0.3 is 0 Å². The monoisotopic (exact) mass is 311 g/mol. The molecule has 1 atom stereocenters. The second kappa shape index (κ2) is 6.67. The van der Waals surface area contributed by atoms with Crippen molar-refractivity contribution in [3.63, 3.8) is 0 Å². The predicted molar refractivity (Wildman–Crippen MR) is 88.8 cm³/mol. The van der Waals surface area contributed by atoms with Gasteiger partial charge in [-0.1, -0.05) is 17.9 Å². The van der Waals surface area contributed by atoms with Crippen molar-refractivity contribution < 1.29 is 9.90 Å². The summed E-state index contributed by atoms with van der Waals surface area (Å²) in [5.74, 6) is 6.12. The minimum atomic E-state index is -1.07. The summed E-state index contributed by atoms with van der Waals surface area (Å²) in [6, 6.07) is 6.78. The van der Waals surface area contributed by atoms with Crippen LogP contribution in [0.3, 0.4) is 0 Å². The van der Waals surface area contributed by atoms with Gasteiger partial charge in [0.05, 0.1) is 6.04 Å². The zero-order valence-corrected chi connectivity index (χ0v) is 13.8. The van der Waals surface area contributed by atoms with Gasteiger partial charge in [-0.3, -0.25) is 4.79 Å². The number of carbonyl (C=O) groups excluding carboxylic acids is 1. The third-order valence-corrected chi connectivity index (χ3v) is 3.12. The number of aromatic amines is 1. The first kappa shape index (κ1) is 16.8. The molecular weight excluding hydrogens is 290 g/mol. The van der Waals surface area contributed by atoms with Crippen molar-refractivity contribution in [1.82, 2.24) is 15.3 Å². The predicted octanol–water partition coefficient (Wildman–Crippen LogP) is 2.33. The van der Waals surface area contributed by atoms with E-state index in [9.17, 15) is 9.90 Å². The number of hydrogen-bond acceptors (Lipinski definition) is 3. The Labute approximate surface area is 136 Å². The Hall–Kier alpha value is -2.58. The molecule has 0 saturated heterocycles. The van der Waals surface area contributed by atoms with E-state index in [0.717, 1.165) is 5.69 Å². The number of aromatic nitrogens is 2. The van der Waals surface area contributed by atoms with Gasteiger partial charge in [-0.15, -0.1) is 0 Å². The number of H-pyrrole nitrogens is 1. The maximum atomic E-state index is 12.3. The standard InChI is InChI=1S/C18H21N3O2/c1-12-11-19-16(20-12)13(2)21-17(22)15-7-5-6-14(10-15)8-9-18(3,4)23/h5-7,10-11,13,23H,1-4H3,(H,19,20)(H,21,22)/t13-/m1/s1. The summed E-state index contributed by atoms with van der Waals surface area (Å²) in [6.45, 7) is 7.01. The van der Waals surface area contributed by atoms with E-state index in [0.29, 0.717) is 17.0 Å². The van der Waals surface area contributed by atoms with Crippen LogP contribution < -0.4 is 5.32 Å². The van der Waals surface area contributed by atoms with E-state index in [1.807, 2.05) is 13.8 Å². The zero-order valence-electron chi connectivity index (χ0n) is 13.8. The van der Waals surface area contributed by atoms with Gasteiger partial charge in [0.25, 0.3) is 5.91 Å². The van der Waals surface area contributed by atoms with E-state index in [-0.39, 0.29) is 11.9 Å². The molecule has 0 aliphatic carbocycles. The van der Waals surface area contributed by atoms with Crippen molar-refractivity contribution in [3.05, 3.63) is 53.1 Å². The fourth-order valence-electron chi connectivity index (χ4n) is 1.96. The molecule has 1 amide bonds. The Morgan fingerprint density at radius 3 is 2.78 bits per heavy atom. The minimum Gasteiger partial charge on any atom is -0.378 e. The Morgan fingerprint density at radius 2 is 2.17 bits per heavy atom. The average molecular weight is 311 g/mol. The van der Waals surface area contributed by atoms with Crippen LogP contribution in [0.5, 0.6) is 0 Å². The molecule has 2 aromatic rings. The van der Waals surface area contributed by atoms with E-state index in [2.05, 4.69) is 27.1 Å². The highest BCUT2D eigenvalue weighted by molar-refractivity contribution is 5.94. The maximum absolute atomic E-state index is 12.3. The van der Waals surface area contributed by atoms with E-state index in [4.69, 9.17) is 0 Å². The average Bonchev–Trinajstić information content (AvgIpc) is 2.91. The SMILES string of the molecule is Cc1cnc([C@@H](C)NC(=O)c2cccc(C#CC(C)(C)O)c2)[nH]1. The third kappa shape index (κ3) is 4.97. The molecule has 0 aliphatic rings. The van der Waals surface area contributed by atoms with Crippen LogP contribution in [0.25, 0.3) is 0 Å². The number of aliphatic hydroxyl groups is 1. The normalized spacial score (nSPS) is 12.2. The number of hydrogen-bond donors (Lipinski definition) is 3. The lowest BCUT2D eigenvalue weighted by molar-refractivity contribution is 0.0938. The quantitative estimate of drug-likeness (QED) is 0.761. The van der Waals surface area contributed by atoms with Crippen molar-refractivity contribution in [2.75, 3.05) is 0 Å². The molecule has 1 heterocycles. The summed E-state index contributed by atoms with van der Waals surface area (Å²) in [7, 11) is 0. The highest BCUT2D eigenvalue weighted by Gasteiger charge is 2.14. The first-order valence-corrected chi connectivity index (χ1v) is 7.42. The van der Waals surface area contributed by atoms with Crippen LogP contribution in [0.4, 0.5) is 0 Å². The number of nitrogens with one attached hydrogen (secondary N) is 2. The Kier molecular flexibility index (Phi) is 4.87. The first-order chi connectivity index (χ1) is 10.7. The first-order valence-electron chi connectivity index (χ1n) is 7.42. The van der Waals surface area contributed by atoms with Crippen LogP contribution in [0.15, 0.2) is 30.5 Å². The number of imidazole rings is 1.